The van der Waals surface area contributed by atoms with Gasteiger partial charge in [0.15, 0.2) is 0 Å². The van der Waals surface area contributed by atoms with Crippen LogP contribution >= 0.6 is 0 Å². The minimum absolute atomic E-state index is 0.0285. The van der Waals surface area contributed by atoms with E-state index in [9.17, 15) is 14.4 Å². The van der Waals surface area contributed by atoms with Crippen molar-refractivity contribution < 1.29 is 28.2 Å². The molecule has 0 spiro atoms. The second-order valence-corrected chi connectivity index (χ2v) is 7.58. The third-order valence-electron chi connectivity index (χ3n) is 5.07. The fourth-order valence-electron chi connectivity index (χ4n) is 3.30. The van der Waals surface area contributed by atoms with E-state index in [0.29, 0.717) is 16.9 Å². The first-order valence-corrected chi connectivity index (χ1v) is 10.7. The number of rotatable bonds is 6. The van der Waals surface area contributed by atoms with Crippen molar-refractivity contribution in [2.45, 2.75) is 20.8 Å². The van der Waals surface area contributed by atoms with Crippen molar-refractivity contribution in [2.75, 3.05) is 6.61 Å². The number of benzene rings is 3. The summed E-state index contributed by atoms with van der Waals surface area (Å²) in [6, 6.07) is 17.8. The number of fused-ring (bicyclic) bond motifs is 1. The Morgan fingerprint density at radius 1 is 0.824 bits per heavy atom. The van der Waals surface area contributed by atoms with Crippen LogP contribution in [0.3, 0.4) is 0 Å². The molecule has 0 radical (unpaired) electrons. The van der Waals surface area contributed by atoms with Crippen molar-refractivity contribution in [2.24, 2.45) is 0 Å². The molecule has 0 N–H and O–H groups in total. The van der Waals surface area contributed by atoms with E-state index in [2.05, 4.69) is 0 Å². The van der Waals surface area contributed by atoms with Gasteiger partial charge in [-0.25, -0.2) is 9.59 Å². The predicted molar refractivity (Wildman–Crippen MR) is 126 cm³/mol. The number of hydrogen-bond acceptors (Lipinski definition) is 7. The summed E-state index contributed by atoms with van der Waals surface area (Å²) < 4.78 is 21.9. The number of ether oxygens (including phenoxy) is 3. The summed E-state index contributed by atoms with van der Waals surface area (Å²) >= 11 is 0. The van der Waals surface area contributed by atoms with Crippen molar-refractivity contribution in [3.05, 3.63) is 99.4 Å². The van der Waals surface area contributed by atoms with Gasteiger partial charge in [-0.1, -0.05) is 17.7 Å². The molecule has 172 valence electrons. The van der Waals surface area contributed by atoms with Crippen LogP contribution in [0.5, 0.6) is 17.2 Å². The fourth-order valence-corrected chi connectivity index (χ4v) is 3.30. The molecule has 0 saturated heterocycles. The highest BCUT2D eigenvalue weighted by molar-refractivity contribution is 5.92. The summed E-state index contributed by atoms with van der Waals surface area (Å²) in [5.41, 5.74) is 1.73. The molecule has 0 fully saturated rings. The maximum Gasteiger partial charge on any atom is 0.343 e. The molecule has 1 heterocycles. The average Bonchev–Trinajstić information content (AvgIpc) is 2.82. The third kappa shape index (κ3) is 4.83. The molecule has 0 unspecified atom stereocenters. The molecule has 0 bridgehead atoms. The Morgan fingerprint density at radius 3 is 2.12 bits per heavy atom. The van der Waals surface area contributed by atoms with Gasteiger partial charge in [-0.15, -0.1) is 0 Å². The molecule has 0 atom stereocenters. The van der Waals surface area contributed by atoms with Crippen molar-refractivity contribution in [1.29, 1.82) is 0 Å². The third-order valence-corrected chi connectivity index (χ3v) is 5.07. The highest BCUT2D eigenvalue weighted by atomic mass is 16.5. The molecular weight excluding hydrogens is 436 g/mol. The van der Waals surface area contributed by atoms with Gasteiger partial charge in [-0.05, 0) is 69.3 Å². The summed E-state index contributed by atoms with van der Waals surface area (Å²) in [5.74, 6) is -0.0379. The Hall–Kier alpha value is -4.39. The quantitative estimate of drug-likeness (QED) is 0.274. The fraction of sp³-hybridized carbons (Fsp3) is 0.148. The first-order chi connectivity index (χ1) is 16.4. The highest BCUT2D eigenvalue weighted by Crippen LogP contribution is 2.28. The molecule has 34 heavy (non-hydrogen) atoms. The molecule has 0 aliphatic carbocycles. The van der Waals surface area contributed by atoms with Gasteiger partial charge >= 0.3 is 11.9 Å². The van der Waals surface area contributed by atoms with Gasteiger partial charge in [0.25, 0.3) is 0 Å². The predicted octanol–water partition coefficient (Wildman–Crippen LogP) is 5.60. The molecule has 0 aliphatic heterocycles. The highest BCUT2D eigenvalue weighted by Gasteiger charge is 2.16. The van der Waals surface area contributed by atoms with Crippen molar-refractivity contribution in [3.63, 3.8) is 0 Å². The van der Waals surface area contributed by atoms with Crippen LogP contribution in [0.25, 0.3) is 11.0 Å². The van der Waals surface area contributed by atoms with Crippen LogP contribution in [0, 0.1) is 13.8 Å². The molecule has 7 heteroatoms. The van der Waals surface area contributed by atoms with Crippen LogP contribution in [0.1, 0.15) is 39.0 Å². The second kappa shape index (κ2) is 9.62. The molecule has 1 aromatic heterocycles. The van der Waals surface area contributed by atoms with E-state index in [1.807, 2.05) is 19.1 Å². The molecule has 0 aliphatic rings. The lowest BCUT2D eigenvalue weighted by Crippen LogP contribution is -2.10. The molecule has 0 saturated carbocycles. The van der Waals surface area contributed by atoms with Crippen LogP contribution in [0.4, 0.5) is 0 Å². The number of hydrogen-bond donors (Lipinski definition) is 0. The smallest absolute Gasteiger partial charge is 0.343 e. The Kier molecular flexibility index (Phi) is 6.45. The first-order valence-electron chi connectivity index (χ1n) is 10.7. The van der Waals surface area contributed by atoms with Crippen LogP contribution in [0.15, 0.2) is 75.9 Å². The molecule has 3 aromatic carbocycles. The number of esters is 2. The van der Waals surface area contributed by atoms with Gasteiger partial charge < -0.3 is 18.6 Å². The number of aryl methyl sites for hydroxylation is 2. The normalized spacial score (nSPS) is 10.7. The van der Waals surface area contributed by atoms with Crippen LogP contribution < -0.4 is 14.9 Å². The lowest BCUT2D eigenvalue weighted by atomic mass is 10.1. The second-order valence-electron chi connectivity index (χ2n) is 7.58. The maximum atomic E-state index is 13.0. The SMILES string of the molecule is CCOC(=O)c1ccc(Oc2c(C)oc3cc(OC(=O)c4ccc(C)cc4)ccc3c2=O)cc1. The monoisotopic (exact) mass is 458 g/mol. The molecule has 7 nitrogen and oxygen atoms in total. The van der Waals surface area contributed by atoms with E-state index < -0.39 is 11.9 Å². The number of carbonyl (C=O) groups excluding carboxylic acids is 2. The summed E-state index contributed by atoms with van der Waals surface area (Å²) in [6.07, 6.45) is 0. The van der Waals surface area contributed by atoms with Gasteiger partial charge in [0.1, 0.15) is 22.8 Å². The summed E-state index contributed by atoms with van der Waals surface area (Å²) in [4.78, 5) is 37.2. The van der Waals surface area contributed by atoms with Crippen LogP contribution in [-0.2, 0) is 4.74 Å². The summed E-state index contributed by atoms with van der Waals surface area (Å²) in [6.45, 7) is 5.54. The lowest BCUT2D eigenvalue weighted by Gasteiger charge is -2.10. The van der Waals surface area contributed by atoms with E-state index in [-0.39, 0.29) is 40.3 Å². The molecule has 4 rings (SSSR count). The van der Waals surface area contributed by atoms with Crippen molar-refractivity contribution >= 4 is 22.9 Å². The summed E-state index contributed by atoms with van der Waals surface area (Å²) in [7, 11) is 0. The molecule has 4 aromatic rings. The van der Waals surface area contributed by atoms with Gasteiger partial charge in [0, 0.05) is 6.07 Å². The zero-order valence-corrected chi connectivity index (χ0v) is 18.9. The van der Waals surface area contributed by atoms with Gasteiger partial charge in [0.05, 0.1) is 23.1 Å². The van der Waals surface area contributed by atoms with Crippen molar-refractivity contribution in [1.82, 2.24) is 0 Å². The Bertz CT molecular complexity index is 1410. The van der Waals surface area contributed by atoms with Gasteiger partial charge in [-0.3, -0.25) is 4.79 Å². The standard InChI is InChI=1S/C27H22O7/c1-4-31-26(29)18-9-11-20(12-10-18)33-25-17(3)32-23-15-21(13-14-22(23)24(25)28)34-27(30)19-7-5-16(2)6-8-19/h5-15H,4H2,1-3H3. The van der Waals surface area contributed by atoms with E-state index in [1.165, 1.54) is 18.2 Å². The Morgan fingerprint density at radius 2 is 1.44 bits per heavy atom. The molecule has 0 amide bonds. The first kappa shape index (κ1) is 22.8. The zero-order chi connectivity index (χ0) is 24.2. The Labute approximate surface area is 195 Å². The van der Waals surface area contributed by atoms with Crippen LogP contribution in [-0.4, -0.2) is 18.5 Å². The maximum absolute atomic E-state index is 13.0. The van der Waals surface area contributed by atoms with Gasteiger partial charge in [-0.2, -0.15) is 0 Å². The van der Waals surface area contributed by atoms with E-state index >= 15 is 0 Å². The topological polar surface area (TPSA) is 92.0 Å². The minimum Gasteiger partial charge on any atom is -0.462 e. The molecular formula is C27H22O7. The average molecular weight is 458 g/mol. The van der Waals surface area contributed by atoms with E-state index in [0.717, 1.165) is 5.56 Å². The van der Waals surface area contributed by atoms with E-state index in [1.54, 1.807) is 50.2 Å². The largest absolute Gasteiger partial charge is 0.462 e. The Balaban J connectivity index is 1.57. The lowest BCUT2D eigenvalue weighted by molar-refractivity contribution is 0.0526. The van der Waals surface area contributed by atoms with E-state index in [4.69, 9.17) is 18.6 Å². The zero-order valence-electron chi connectivity index (χ0n) is 18.9. The minimum atomic E-state index is -0.510. The van der Waals surface area contributed by atoms with Gasteiger partial charge in [0.2, 0.25) is 11.2 Å². The van der Waals surface area contributed by atoms with Crippen molar-refractivity contribution in [3.8, 4) is 17.2 Å². The summed E-state index contributed by atoms with van der Waals surface area (Å²) in [5, 5.41) is 0.277. The van der Waals surface area contributed by atoms with Crippen LogP contribution in [0.2, 0.25) is 0 Å². The number of carbonyl (C=O) groups is 2.